The van der Waals surface area contributed by atoms with Gasteiger partial charge in [0, 0.05) is 12.2 Å². The molecule has 3 N–H and O–H groups in total. The summed E-state index contributed by atoms with van der Waals surface area (Å²) in [6, 6.07) is 5.79. The van der Waals surface area contributed by atoms with Crippen molar-refractivity contribution in [3.8, 4) is 0 Å². The van der Waals surface area contributed by atoms with Crippen molar-refractivity contribution in [2.75, 3.05) is 11.9 Å². The van der Waals surface area contributed by atoms with Gasteiger partial charge in [0.25, 0.3) is 12.3 Å². The zero-order valence-electron chi connectivity index (χ0n) is 13.1. The van der Waals surface area contributed by atoms with Crippen molar-refractivity contribution in [3.63, 3.8) is 0 Å². The highest BCUT2D eigenvalue weighted by Crippen LogP contribution is 2.36. The third-order valence-corrected chi connectivity index (χ3v) is 4.23. The van der Waals surface area contributed by atoms with Gasteiger partial charge in [-0.3, -0.25) is 9.80 Å². The monoisotopic (exact) mass is 348 g/mol. The molecule has 1 fully saturated rings. The number of nitrogens with zero attached hydrogens (tertiary/aromatic N) is 1. The molecular formula is C17H15F3N4O. The van der Waals surface area contributed by atoms with E-state index < -0.39 is 18.1 Å². The third kappa shape index (κ3) is 2.89. The highest BCUT2D eigenvalue weighted by molar-refractivity contribution is 6.05. The maximum atomic E-state index is 13.7. The molecule has 0 saturated heterocycles. The molecule has 3 aliphatic rings. The predicted molar refractivity (Wildman–Crippen MR) is 85.4 cm³/mol. The van der Waals surface area contributed by atoms with Gasteiger partial charge in [-0.15, -0.1) is 0 Å². The normalized spacial score (nSPS) is 19.0. The van der Waals surface area contributed by atoms with Crippen LogP contribution in [0.25, 0.3) is 0 Å². The van der Waals surface area contributed by atoms with Crippen LogP contribution in [0, 0.1) is 5.82 Å². The average molecular weight is 348 g/mol. The second kappa shape index (κ2) is 5.96. The van der Waals surface area contributed by atoms with Crippen LogP contribution in [0.15, 0.2) is 58.7 Å². The fourth-order valence-electron chi connectivity index (χ4n) is 2.81. The minimum atomic E-state index is -2.69. The lowest BCUT2D eigenvalue weighted by Gasteiger charge is -2.30. The first kappa shape index (κ1) is 15.8. The molecule has 1 saturated carbocycles. The maximum absolute atomic E-state index is 13.7. The van der Waals surface area contributed by atoms with Crippen molar-refractivity contribution < 1.29 is 18.0 Å². The summed E-state index contributed by atoms with van der Waals surface area (Å²) in [5, 5.41) is 6.73. The Kier molecular flexibility index (Phi) is 3.76. The number of hydrogen-bond acceptors (Lipinski definition) is 4. The molecular weight excluding hydrogens is 333 g/mol. The number of para-hydroxylation sites is 1. The van der Waals surface area contributed by atoms with Crippen molar-refractivity contribution in [1.82, 2.24) is 15.8 Å². The Balaban J connectivity index is 1.66. The number of halogens is 3. The number of rotatable bonds is 3. The summed E-state index contributed by atoms with van der Waals surface area (Å²) in [5.41, 5.74) is 4.51. The summed E-state index contributed by atoms with van der Waals surface area (Å²) in [4.78, 5) is 12.5. The first-order chi connectivity index (χ1) is 12.0. The molecule has 0 aromatic heterocycles. The van der Waals surface area contributed by atoms with E-state index >= 15 is 0 Å². The molecule has 1 aliphatic carbocycles. The number of allylic oxidation sites excluding steroid dienone is 3. The minimum Gasteiger partial charge on any atom is -0.340 e. The standard InChI is InChI=1S/C17H15F3N4O/c18-11-3-1-2-4-12(11)23-17(25)10-8-21-24-14(15(19)20)7-13(9-5-6-9)22-16(10)24/h1-4,7,15,21-22H,5-6,8H2,(H,23,25). The zero-order chi connectivity index (χ0) is 17.6. The van der Waals surface area contributed by atoms with E-state index in [9.17, 15) is 18.0 Å². The molecule has 130 valence electrons. The number of benzene rings is 1. The van der Waals surface area contributed by atoms with Crippen LogP contribution < -0.4 is 16.1 Å². The number of carbonyl (C=O) groups excluding carboxylic acids is 1. The van der Waals surface area contributed by atoms with Crippen LogP contribution in [0.4, 0.5) is 18.9 Å². The summed E-state index contributed by atoms with van der Waals surface area (Å²) < 4.78 is 40.5. The third-order valence-electron chi connectivity index (χ3n) is 4.23. The number of hydrazine groups is 1. The van der Waals surface area contributed by atoms with E-state index in [2.05, 4.69) is 16.1 Å². The average Bonchev–Trinajstić information content (AvgIpc) is 3.35. The summed E-state index contributed by atoms with van der Waals surface area (Å²) in [7, 11) is 0. The zero-order valence-corrected chi connectivity index (χ0v) is 13.1. The Labute approximate surface area is 141 Å². The predicted octanol–water partition coefficient (Wildman–Crippen LogP) is 2.60. The van der Waals surface area contributed by atoms with Gasteiger partial charge in [-0.05, 0) is 36.6 Å². The Bertz CT molecular complexity index is 838. The Morgan fingerprint density at radius 2 is 2.00 bits per heavy atom. The molecule has 0 atom stereocenters. The highest BCUT2D eigenvalue weighted by atomic mass is 19.3. The number of hydrogen-bond donors (Lipinski definition) is 3. The topological polar surface area (TPSA) is 56.4 Å². The van der Waals surface area contributed by atoms with Gasteiger partial charge in [0.15, 0.2) is 0 Å². The van der Waals surface area contributed by atoms with Crippen molar-refractivity contribution in [3.05, 3.63) is 64.5 Å². The van der Waals surface area contributed by atoms with Crippen molar-refractivity contribution >= 4 is 11.6 Å². The van der Waals surface area contributed by atoms with Gasteiger partial charge in [0.2, 0.25) is 0 Å². The van der Waals surface area contributed by atoms with Gasteiger partial charge < -0.3 is 10.6 Å². The molecule has 0 radical (unpaired) electrons. The molecule has 5 nitrogen and oxygen atoms in total. The first-order valence-electron chi connectivity index (χ1n) is 7.86. The SMILES string of the molecule is O=C(Nc1ccccc1F)C1=C2NC(=C3CC3)C=C(C(F)F)N2NC1. The van der Waals surface area contributed by atoms with E-state index in [1.165, 1.54) is 29.3 Å². The Morgan fingerprint density at radius 1 is 1.24 bits per heavy atom. The molecule has 0 unspecified atom stereocenters. The Morgan fingerprint density at radius 3 is 2.68 bits per heavy atom. The number of amides is 1. The summed E-state index contributed by atoms with van der Waals surface area (Å²) >= 11 is 0. The van der Waals surface area contributed by atoms with Gasteiger partial charge >= 0.3 is 0 Å². The smallest absolute Gasteiger partial charge is 0.280 e. The van der Waals surface area contributed by atoms with E-state index in [-0.39, 0.29) is 29.3 Å². The van der Waals surface area contributed by atoms with Crippen LogP contribution >= 0.6 is 0 Å². The Hall–Kier alpha value is -2.74. The van der Waals surface area contributed by atoms with Crippen LogP contribution in [0.1, 0.15) is 12.8 Å². The molecule has 0 spiro atoms. The fraction of sp³-hybridized carbons (Fsp3) is 0.235. The molecule has 25 heavy (non-hydrogen) atoms. The van der Waals surface area contributed by atoms with Crippen LogP contribution in [0.5, 0.6) is 0 Å². The highest BCUT2D eigenvalue weighted by Gasteiger charge is 2.37. The van der Waals surface area contributed by atoms with Crippen molar-refractivity contribution in [1.29, 1.82) is 0 Å². The van der Waals surface area contributed by atoms with E-state index in [0.717, 1.165) is 18.4 Å². The minimum absolute atomic E-state index is 0.0419. The molecule has 1 aromatic carbocycles. The van der Waals surface area contributed by atoms with Crippen molar-refractivity contribution in [2.45, 2.75) is 19.3 Å². The second-order valence-corrected chi connectivity index (χ2v) is 5.94. The number of alkyl halides is 2. The van der Waals surface area contributed by atoms with Crippen LogP contribution in [0.3, 0.4) is 0 Å². The second-order valence-electron chi connectivity index (χ2n) is 5.94. The van der Waals surface area contributed by atoms with E-state index in [4.69, 9.17) is 0 Å². The maximum Gasteiger partial charge on any atom is 0.280 e. The number of nitrogens with one attached hydrogen (secondary N) is 3. The fourth-order valence-corrected chi connectivity index (χ4v) is 2.81. The van der Waals surface area contributed by atoms with E-state index in [1.54, 1.807) is 6.07 Å². The number of anilines is 1. The molecule has 2 heterocycles. The molecule has 1 aromatic rings. The lowest BCUT2D eigenvalue weighted by atomic mass is 10.2. The lowest BCUT2D eigenvalue weighted by Crippen LogP contribution is -2.41. The van der Waals surface area contributed by atoms with Gasteiger partial charge in [-0.1, -0.05) is 12.1 Å². The van der Waals surface area contributed by atoms with Gasteiger partial charge in [0.05, 0.1) is 11.3 Å². The quantitative estimate of drug-likeness (QED) is 0.786. The first-order valence-corrected chi connectivity index (χ1v) is 7.86. The largest absolute Gasteiger partial charge is 0.340 e. The number of carbonyl (C=O) groups is 1. The lowest BCUT2D eigenvalue weighted by molar-refractivity contribution is -0.112. The van der Waals surface area contributed by atoms with Crippen LogP contribution in [0.2, 0.25) is 0 Å². The van der Waals surface area contributed by atoms with E-state index in [0.29, 0.717) is 5.70 Å². The molecule has 0 bridgehead atoms. The summed E-state index contributed by atoms with van der Waals surface area (Å²) in [5.74, 6) is -0.839. The molecule has 2 aliphatic heterocycles. The van der Waals surface area contributed by atoms with Gasteiger partial charge in [-0.25, -0.2) is 18.6 Å². The molecule has 1 amide bonds. The number of fused-ring (bicyclic) bond motifs is 1. The van der Waals surface area contributed by atoms with E-state index in [1.807, 2.05) is 0 Å². The summed E-state index contributed by atoms with van der Waals surface area (Å²) in [6.07, 6.45) is 0.425. The molecule has 8 heteroatoms. The molecule has 4 rings (SSSR count). The van der Waals surface area contributed by atoms with Crippen LogP contribution in [-0.4, -0.2) is 23.9 Å². The van der Waals surface area contributed by atoms with Crippen LogP contribution in [-0.2, 0) is 4.79 Å². The van der Waals surface area contributed by atoms with Gasteiger partial charge in [0.1, 0.15) is 17.3 Å². The van der Waals surface area contributed by atoms with Gasteiger partial charge in [-0.2, -0.15) is 0 Å². The van der Waals surface area contributed by atoms with Crippen molar-refractivity contribution in [2.24, 2.45) is 0 Å². The summed E-state index contributed by atoms with van der Waals surface area (Å²) in [6.45, 7) is 0.0648.